The molecule has 1 fully saturated rings. The second-order valence-corrected chi connectivity index (χ2v) is 5.16. The number of rotatable bonds is 1. The minimum atomic E-state index is -1.61. The van der Waals surface area contributed by atoms with Crippen LogP contribution in [0.5, 0.6) is 0 Å². The predicted molar refractivity (Wildman–Crippen MR) is 70.1 cm³/mol. The van der Waals surface area contributed by atoms with Gasteiger partial charge in [-0.25, -0.2) is 0 Å². The van der Waals surface area contributed by atoms with E-state index in [2.05, 4.69) is 10.5 Å². The zero-order valence-electron chi connectivity index (χ0n) is 10.5. The monoisotopic (exact) mass is 260 g/mol. The minimum absolute atomic E-state index is 0.429. The number of nitrogens with zero attached hydrogens (tertiary/aromatic N) is 1. The average molecular weight is 260 g/mol. The summed E-state index contributed by atoms with van der Waals surface area (Å²) in [4.78, 5) is 12.2. The second-order valence-electron chi connectivity index (χ2n) is 5.16. The van der Waals surface area contributed by atoms with Crippen LogP contribution >= 0.6 is 0 Å². The van der Waals surface area contributed by atoms with Crippen LogP contribution in [0.4, 0.5) is 5.69 Å². The number of carbonyl (C=O) groups is 1. The molecule has 1 aliphatic carbocycles. The summed E-state index contributed by atoms with van der Waals surface area (Å²) in [6.45, 7) is 0. The van der Waals surface area contributed by atoms with Crippen molar-refractivity contribution in [2.45, 2.75) is 31.3 Å². The zero-order valence-corrected chi connectivity index (χ0v) is 10.5. The quantitative estimate of drug-likeness (QED) is 0.532. The van der Waals surface area contributed by atoms with E-state index in [0.717, 1.165) is 12.8 Å². The van der Waals surface area contributed by atoms with Crippen molar-refractivity contribution in [3.8, 4) is 0 Å². The summed E-state index contributed by atoms with van der Waals surface area (Å²) in [7, 11) is 0. The van der Waals surface area contributed by atoms with Gasteiger partial charge in [0.2, 0.25) is 0 Å². The molecule has 1 aromatic carbocycles. The molecule has 0 radical (unpaired) electrons. The van der Waals surface area contributed by atoms with E-state index in [4.69, 9.17) is 5.21 Å². The van der Waals surface area contributed by atoms with E-state index in [1.54, 1.807) is 18.2 Å². The summed E-state index contributed by atoms with van der Waals surface area (Å²) >= 11 is 0. The second kappa shape index (κ2) is 4.35. The summed E-state index contributed by atoms with van der Waals surface area (Å²) in [6, 6.07) is 7.12. The molecule has 100 valence electrons. The molecule has 2 atom stereocenters. The Morgan fingerprint density at radius 2 is 2.11 bits per heavy atom. The molecular formula is C14H16N2O3. The number of amides is 1. The Balaban J connectivity index is 2.09. The Bertz CT molecular complexity index is 555. The lowest BCUT2D eigenvalue weighted by Gasteiger charge is -2.34. The molecule has 3 rings (SSSR count). The number of benzene rings is 1. The van der Waals surface area contributed by atoms with Crippen LogP contribution in [-0.4, -0.2) is 21.9 Å². The number of carbonyl (C=O) groups excluding carboxylic acids is 1. The maximum atomic E-state index is 12.2. The molecule has 0 spiro atoms. The molecule has 2 aliphatic rings. The first-order valence-electron chi connectivity index (χ1n) is 6.52. The van der Waals surface area contributed by atoms with Crippen molar-refractivity contribution in [2.75, 3.05) is 5.32 Å². The van der Waals surface area contributed by atoms with Crippen LogP contribution in [0.25, 0.3) is 0 Å². The van der Waals surface area contributed by atoms with Crippen molar-refractivity contribution in [1.29, 1.82) is 0 Å². The molecule has 0 saturated heterocycles. The normalized spacial score (nSPS) is 32.2. The van der Waals surface area contributed by atoms with E-state index in [0.29, 0.717) is 29.8 Å². The number of para-hydroxylation sites is 1. The van der Waals surface area contributed by atoms with Crippen molar-refractivity contribution in [1.82, 2.24) is 0 Å². The van der Waals surface area contributed by atoms with Gasteiger partial charge in [0, 0.05) is 17.2 Å². The largest absolute Gasteiger partial charge is 0.411 e. The highest BCUT2D eigenvalue weighted by atomic mass is 16.4. The van der Waals surface area contributed by atoms with E-state index < -0.39 is 17.4 Å². The van der Waals surface area contributed by atoms with Crippen LogP contribution in [0.3, 0.4) is 0 Å². The Kier molecular flexibility index (Phi) is 2.78. The van der Waals surface area contributed by atoms with E-state index >= 15 is 0 Å². The van der Waals surface area contributed by atoms with Gasteiger partial charge in [-0.05, 0) is 25.3 Å². The molecule has 1 aliphatic heterocycles. The van der Waals surface area contributed by atoms with Crippen LogP contribution in [0.15, 0.2) is 29.4 Å². The Labute approximate surface area is 110 Å². The van der Waals surface area contributed by atoms with Crippen molar-refractivity contribution >= 4 is 17.3 Å². The molecule has 5 heteroatoms. The number of hydrogen-bond acceptors (Lipinski definition) is 4. The van der Waals surface area contributed by atoms with Gasteiger partial charge in [0.1, 0.15) is 0 Å². The summed E-state index contributed by atoms with van der Waals surface area (Å²) in [5.41, 5.74) is 0.116. The van der Waals surface area contributed by atoms with Crippen LogP contribution in [-0.2, 0) is 10.4 Å². The van der Waals surface area contributed by atoms with Gasteiger partial charge < -0.3 is 15.6 Å². The lowest BCUT2D eigenvalue weighted by Crippen LogP contribution is -2.46. The predicted octanol–water partition coefficient (Wildman–Crippen LogP) is 1.85. The number of anilines is 1. The summed E-state index contributed by atoms with van der Waals surface area (Å²) in [6.07, 6.45) is 3.12. The maximum Gasteiger partial charge on any atom is 0.261 e. The topological polar surface area (TPSA) is 81.9 Å². The summed E-state index contributed by atoms with van der Waals surface area (Å²) in [5.74, 6) is -0.878. The van der Waals surface area contributed by atoms with Gasteiger partial charge in [-0.1, -0.05) is 29.8 Å². The Morgan fingerprint density at radius 1 is 1.32 bits per heavy atom. The highest BCUT2D eigenvalue weighted by Crippen LogP contribution is 2.45. The fourth-order valence-corrected chi connectivity index (χ4v) is 3.18. The number of hydrogen-bond donors (Lipinski definition) is 3. The van der Waals surface area contributed by atoms with Gasteiger partial charge in [-0.2, -0.15) is 0 Å². The third-order valence-corrected chi connectivity index (χ3v) is 4.14. The van der Waals surface area contributed by atoms with Crippen LogP contribution < -0.4 is 5.32 Å². The molecule has 19 heavy (non-hydrogen) atoms. The molecule has 5 nitrogen and oxygen atoms in total. The van der Waals surface area contributed by atoms with Crippen LogP contribution in [0.2, 0.25) is 0 Å². The van der Waals surface area contributed by atoms with Crippen molar-refractivity contribution in [3.63, 3.8) is 0 Å². The molecule has 1 aromatic rings. The smallest absolute Gasteiger partial charge is 0.261 e. The fourth-order valence-electron chi connectivity index (χ4n) is 3.18. The number of oxime groups is 1. The molecule has 0 aromatic heterocycles. The van der Waals surface area contributed by atoms with Gasteiger partial charge >= 0.3 is 0 Å². The third-order valence-electron chi connectivity index (χ3n) is 4.14. The summed E-state index contributed by atoms with van der Waals surface area (Å²) in [5, 5.41) is 26.1. The molecule has 1 saturated carbocycles. The van der Waals surface area contributed by atoms with Gasteiger partial charge in [-0.3, -0.25) is 4.79 Å². The molecule has 0 unspecified atom stereocenters. The molecule has 3 N–H and O–H groups in total. The molecule has 1 heterocycles. The number of nitrogens with one attached hydrogen (secondary N) is 1. The summed E-state index contributed by atoms with van der Waals surface area (Å²) < 4.78 is 0. The van der Waals surface area contributed by atoms with Crippen LogP contribution in [0, 0.1) is 5.92 Å². The highest BCUT2D eigenvalue weighted by Gasteiger charge is 2.53. The van der Waals surface area contributed by atoms with Crippen molar-refractivity contribution in [2.24, 2.45) is 11.1 Å². The zero-order chi connectivity index (χ0) is 13.5. The highest BCUT2D eigenvalue weighted by molar-refractivity contribution is 6.08. The first kappa shape index (κ1) is 12.2. The molecule has 0 bridgehead atoms. The lowest BCUT2D eigenvalue weighted by molar-refractivity contribution is -0.137. The maximum absolute atomic E-state index is 12.2. The van der Waals surface area contributed by atoms with Crippen LogP contribution in [0.1, 0.15) is 31.2 Å². The van der Waals surface area contributed by atoms with Gasteiger partial charge in [0.15, 0.2) is 5.60 Å². The minimum Gasteiger partial charge on any atom is -0.411 e. The standard InChI is InChI=1S/C14H16N2O3/c17-13-14(18,9-5-1-3-7-11(9)15-13)10-6-2-4-8-12(10)16-19/h1,3,5,7,10,18-19H,2,4,6,8H2,(H,15,17)/b16-12-/t10-,14+/m1/s1. The lowest BCUT2D eigenvalue weighted by atomic mass is 9.73. The first-order valence-corrected chi connectivity index (χ1v) is 6.52. The molecular weight excluding hydrogens is 244 g/mol. The van der Waals surface area contributed by atoms with Gasteiger partial charge in [-0.15, -0.1) is 0 Å². The van der Waals surface area contributed by atoms with E-state index in [1.165, 1.54) is 0 Å². The van der Waals surface area contributed by atoms with Gasteiger partial charge in [0.25, 0.3) is 5.91 Å². The van der Waals surface area contributed by atoms with Crippen molar-refractivity contribution < 1.29 is 15.1 Å². The number of fused-ring (bicyclic) bond motifs is 1. The Morgan fingerprint density at radius 3 is 2.89 bits per heavy atom. The SMILES string of the molecule is O=C1Nc2ccccc2[C@]1(O)[C@@H]1CCCC/C1=N/O. The van der Waals surface area contributed by atoms with E-state index in [9.17, 15) is 9.90 Å². The third kappa shape index (κ3) is 1.65. The average Bonchev–Trinajstić information content (AvgIpc) is 2.72. The van der Waals surface area contributed by atoms with E-state index in [1.807, 2.05) is 6.07 Å². The van der Waals surface area contributed by atoms with Crippen molar-refractivity contribution in [3.05, 3.63) is 29.8 Å². The number of aliphatic hydroxyl groups is 1. The fraction of sp³-hybridized carbons (Fsp3) is 0.429. The Hall–Kier alpha value is -1.88. The van der Waals surface area contributed by atoms with E-state index in [-0.39, 0.29) is 0 Å². The first-order chi connectivity index (χ1) is 9.17. The molecule has 1 amide bonds. The van der Waals surface area contributed by atoms with Gasteiger partial charge in [0.05, 0.1) is 5.71 Å².